The summed E-state index contributed by atoms with van der Waals surface area (Å²) in [6, 6.07) is 6.07. The molecule has 0 aliphatic rings. The average Bonchev–Trinajstić information content (AvgIpc) is 2.15. The number of rotatable bonds is 4. The number of carboxylic acid groups (broad SMARTS) is 1. The van der Waals surface area contributed by atoms with Crippen molar-refractivity contribution in [1.82, 2.24) is 0 Å². The summed E-state index contributed by atoms with van der Waals surface area (Å²) in [5.74, 6) is -1.02. The van der Waals surface area contributed by atoms with Crippen LogP contribution >= 0.6 is 11.8 Å². The van der Waals surface area contributed by atoms with E-state index in [1.54, 1.807) is 6.07 Å². The monoisotopic (exact) mass is 275 g/mol. The van der Waals surface area contributed by atoms with E-state index in [1.165, 1.54) is 32.0 Å². The Balaban J connectivity index is 3.21. The third-order valence-electron chi connectivity index (χ3n) is 2.04. The van der Waals surface area contributed by atoms with Gasteiger partial charge in [-0.05, 0) is 26.0 Å². The maximum atomic E-state index is 11.3. The molecule has 0 fully saturated rings. The average molecular weight is 275 g/mol. The molecule has 17 heavy (non-hydrogen) atoms. The maximum Gasteiger partial charge on any atom is 0.319 e. The molecule has 0 atom stereocenters. The summed E-state index contributed by atoms with van der Waals surface area (Å²) < 4.78 is 21.5. The lowest BCUT2D eigenvalue weighted by Crippen LogP contribution is -2.27. The summed E-state index contributed by atoms with van der Waals surface area (Å²) in [7, 11) is -3.85. The van der Waals surface area contributed by atoms with Gasteiger partial charge >= 0.3 is 5.97 Å². The molecule has 7 heteroatoms. The highest BCUT2D eigenvalue weighted by molar-refractivity contribution is 8.02. The molecule has 0 aliphatic heterocycles. The standard InChI is InChI=1S/C10H13NO4S2/c1-10(2,9(12)13)16-7-5-3-4-6-8(7)17(11,14)15/h3-6H,1-2H3,(H,12,13)(H2,11,14,15). The van der Waals surface area contributed by atoms with E-state index >= 15 is 0 Å². The zero-order valence-electron chi connectivity index (χ0n) is 9.38. The molecule has 94 valence electrons. The molecule has 0 aliphatic carbocycles. The van der Waals surface area contributed by atoms with Crippen LogP contribution in [0.25, 0.3) is 0 Å². The first-order chi connectivity index (χ1) is 7.64. The summed E-state index contributed by atoms with van der Waals surface area (Å²) in [6.07, 6.45) is 0. The number of primary sulfonamides is 1. The Labute approximate surface area is 104 Å². The second kappa shape index (κ2) is 4.67. The van der Waals surface area contributed by atoms with E-state index in [0.29, 0.717) is 4.90 Å². The van der Waals surface area contributed by atoms with E-state index in [9.17, 15) is 13.2 Å². The Morgan fingerprint density at radius 2 is 1.88 bits per heavy atom. The van der Waals surface area contributed by atoms with Crippen LogP contribution in [0.4, 0.5) is 0 Å². The van der Waals surface area contributed by atoms with E-state index in [0.717, 1.165) is 11.8 Å². The van der Waals surface area contributed by atoms with Gasteiger partial charge in [0.2, 0.25) is 10.0 Å². The van der Waals surface area contributed by atoms with Crippen molar-refractivity contribution in [2.45, 2.75) is 28.4 Å². The van der Waals surface area contributed by atoms with Crippen molar-refractivity contribution in [1.29, 1.82) is 0 Å². The second-order valence-corrected chi connectivity index (χ2v) is 7.10. The van der Waals surface area contributed by atoms with Gasteiger partial charge in [0.15, 0.2) is 0 Å². The number of carbonyl (C=O) groups is 1. The molecule has 0 bridgehead atoms. The number of aliphatic carboxylic acids is 1. The molecule has 0 radical (unpaired) electrons. The highest BCUT2D eigenvalue weighted by Crippen LogP contribution is 2.36. The lowest BCUT2D eigenvalue weighted by molar-refractivity contribution is -0.138. The lowest BCUT2D eigenvalue weighted by atomic mass is 10.2. The number of hydrogen-bond acceptors (Lipinski definition) is 4. The Bertz CT molecular complexity index is 537. The van der Waals surface area contributed by atoms with E-state index in [2.05, 4.69) is 0 Å². The minimum Gasteiger partial charge on any atom is -0.480 e. The summed E-state index contributed by atoms with van der Waals surface area (Å²) in [5, 5.41) is 14.1. The summed E-state index contributed by atoms with van der Waals surface area (Å²) in [6.45, 7) is 3.00. The molecule has 0 unspecified atom stereocenters. The molecule has 0 spiro atoms. The first-order valence-electron chi connectivity index (χ1n) is 4.69. The van der Waals surface area contributed by atoms with Crippen molar-refractivity contribution >= 4 is 27.8 Å². The normalized spacial score (nSPS) is 12.4. The number of thioether (sulfide) groups is 1. The van der Waals surface area contributed by atoms with Crippen LogP contribution in [0.5, 0.6) is 0 Å². The van der Waals surface area contributed by atoms with Gasteiger partial charge in [0.25, 0.3) is 0 Å². The number of sulfonamides is 1. The van der Waals surface area contributed by atoms with Crippen molar-refractivity contribution in [3.05, 3.63) is 24.3 Å². The van der Waals surface area contributed by atoms with Crippen LogP contribution in [0.3, 0.4) is 0 Å². The van der Waals surface area contributed by atoms with Crippen LogP contribution in [-0.2, 0) is 14.8 Å². The topological polar surface area (TPSA) is 97.5 Å². The van der Waals surface area contributed by atoms with E-state index < -0.39 is 20.7 Å². The fourth-order valence-electron chi connectivity index (χ4n) is 1.09. The number of benzene rings is 1. The number of hydrogen-bond donors (Lipinski definition) is 2. The Kier molecular flexibility index (Phi) is 3.85. The van der Waals surface area contributed by atoms with Crippen LogP contribution in [0.1, 0.15) is 13.8 Å². The van der Waals surface area contributed by atoms with Crippen molar-refractivity contribution < 1.29 is 18.3 Å². The van der Waals surface area contributed by atoms with Crippen LogP contribution in [0.15, 0.2) is 34.1 Å². The van der Waals surface area contributed by atoms with Gasteiger partial charge in [-0.3, -0.25) is 4.79 Å². The van der Waals surface area contributed by atoms with Crippen LogP contribution < -0.4 is 5.14 Å². The Morgan fingerprint density at radius 3 is 2.35 bits per heavy atom. The van der Waals surface area contributed by atoms with Crippen LogP contribution in [0.2, 0.25) is 0 Å². The first-order valence-corrected chi connectivity index (χ1v) is 7.05. The van der Waals surface area contributed by atoms with Gasteiger partial charge < -0.3 is 5.11 Å². The number of nitrogens with two attached hydrogens (primary N) is 1. The minimum atomic E-state index is -3.85. The van der Waals surface area contributed by atoms with Gasteiger partial charge in [-0.15, -0.1) is 11.8 Å². The summed E-state index contributed by atoms with van der Waals surface area (Å²) in [5.41, 5.74) is 0. The fraction of sp³-hybridized carbons (Fsp3) is 0.300. The Hall–Kier alpha value is -1.05. The third-order valence-corrected chi connectivity index (χ3v) is 4.39. The zero-order valence-corrected chi connectivity index (χ0v) is 11.0. The van der Waals surface area contributed by atoms with Gasteiger partial charge in [-0.1, -0.05) is 12.1 Å². The quantitative estimate of drug-likeness (QED) is 0.807. The number of carboxylic acids is 1. The van der Waals surface area contributed by atoms with Crippen molar-refractivity contribution in [3.8, 4) is 0 Å². The maximum absolute atomic E-state index is 11.3. The van der Waals surface area contributed by atoms with Gasteiger partial charge in [0, 0.05) is 4.90 Å². The van der Waals surface area contributed by atoms with E-state index in [-0.39, 0.29) is 4.90 Å². The zero-order chi connectivity index (χ0) is 13.3. The molecular formula is C10H13NO4S2. The molecule has 5 nitrogen and oxygen atoms in total. The Morgan fingerprint density at radius 1 is 1.35 bits per heavy atom. The molecule has 0 saturated carbocycles. The predicted octanol–water partition coefficient (Wildman–Crippen LogP) is 1.29. The lowest BCUT2D eigenvalue weighted by Gasteiger charge is -2.19. The molecule has 0 amide bonds. The van der Waals surface area contributed by atoms with Gasteiger partial charge in [-0.2, -0.15) is 0 Å². The fourth-order valence-corrected chi connectivity index (χ4v) is 3.13. The van der Waals surface area contributed by atoms with Crippen molar-refractivity contribution in [3.63, 3.8) is 0 Å². The second-order valence-electron chi connectivity index (χ2n) is 3.91. The van der Waals surface area contributed by atoms with Crippen molar-refractivity contribution in [2.24, 2.45) is 5.14 Å². The van der Waals surface area contributed by atoms with Crippen LogP contribution in [-0.4, -0.2) is 24.2 Å². The molecule has 1 rings (SSSR count). The molecular weight excluding hydrogens is 262 g/mol. The van der Waals surface area contributed by atoms with Gasteiger partial charge in [0.05, 0.1) is 4.90 Å². The molecule has 1 aromatic carbocycles. The predicted molar refractivity (Wildman–Crippen MR) is 65.4 cm³/mol. The summed E-state index contributed by atoms with van der Waals surface area (Å²) in [4.78, 5) is 11.3. The van der Waals surface area contributed by atoms with Gasteiger partial charge in [0.1, 0.15) is 4.75 Å². The summed E-state index contributed by atoms with van der Waals surface area (Å²) >= 11 is 0.949. The largest absolute Gasteiger partial charge is 0.480 e. The van der Waals surface area contributed by atoms with Crippen molar-refractivity contribution in [2.75, 3.05) is 0 Å². The third kappa shape index (κ3) is 3.45. The molecule has 0 heterocycles. The molecule has 1 aromatic rings. The highest BCUT2D eigenvalue weighted by atomic mass is 32.2. The highest BCUT2D eigenvalue weighted by Gasteiger charge is 2.30. The minimum absolute atomic E-state index is 0.0562. The van der Waals surface area contributed by atoms with E-state index in [1.807, 2.05) is 0 Å². The molecule has 3 N–H and O–H groups in total. The SMILES string of the molecule is CC(C)(Sc1ccccc1S(N)(=O)=O)C(=O)O. The molecule has 0 aromatic heterocycles. The van der Waals surface area contributed by atoms with E-state index in [4.69, 9.17) is 10.2 Å². The first kappa shape index (κ1) is 14.0. The van der Waals surface area contributed by atoms with Gasteiger partial charge in [-0.25, -0.2) is 13.6 Å². The van der Waals surface area contributed by atoms with Crippen LogP contribution in [0, 0.1) is 0 Å². The smallest absolute Gasteiger partial charge is 0.319 e. The molecule has 0 saturated heterocycles.